The molecule has 3 N–H and O–H groups in total. The van der Waals surface area contributed by atoms with E-state index in [0.29, 0.717) is 5.92 Å². The Labute approximate surface area is 148 Å². The minimum absolute atomic E-state index is 0.101. The number of nitrogens with one attached hydrogen (secondary N) is 2. The van der Waals surface area contributed by atoms with Gasteiger partial charge in [-0.05, 0) is 49.7 Å². The van der Waals surface area contributed by atoms with Crippen LogP contribution in [-0.4, -0.2) is 47.2 Å². The van der Waals surface area contributed by atoms with Crippen molar-refractivity contribution in [2.75, 3.05) is 18.4 Å². The largest absolute Gasteiger partial charge is 0.480 e. The van der Waals surface area contributed by atoms with Crippen molar-refractivity contribution < 1.29 is 14.7 Å². The van der Waals surface area contributed by atoms with E-state index >= 15 is 0 Å². The number of amides is 2. The SMILES string of the molecule is CCc1ccccc1NC(=O)NC1CC(N(CC(=O)O)CC2CC2)C1. The van der Waals surface area contributed by atoms with Crippen molar-refractivity contribution in [1.29, 1.82) is 0 Å². The number of carboxylic acid groups (broad SMARTS) is 1. The van der Waals surface area contributed by atoms with Gasteiger partial charge < -0.3 is 15.7 Å². The third kappa shape index (κ3) is 4.95. The maximum atomic E-state index is 12.2. The van der Waals surface area contributed by atoms with Gasteiger partial charge in [0.2, 0.25) is 0 Å². The second-order valence-corrected chi connectivity index (χ2v) is 7.20. The Hall–Kier alpha value is -2.08. The summed E-state index contributed by atoms with van der Waals surface area (Å²) in [7, 11) is 0. The summed E-state index contributed by atoms with van der Waals surface area (Å²) in [5.41, 5.74) is 1.96. The van der Waals surface area contributed by atoms with Gasteiger partial charge in [0.05, 0.1) is 6.54 Å². The van der Waals surface area contributed by atoms with Gasteiger partial charge in [0, 0.05) is 24.3 Å². The molecule has 1 aromatic carbocycles. The lowest BCUT2D eigenvalue weighted by molar-refractivity contribution is -0.139. The number of hydrogen-bond acceptors (Lipinski definition) is 3. The number of aryl methyl sites for hydroxylation is 1. The number of hydrogen-bond donors (Lipinski definition) is 3. The Bertz CT molecular complexity index is 624. The van der Waals surface area contributed by atoms with Crippen molar-refractivity contribution in [3.8, 4) is 0 Å². The maximum Gasteiger partial charge on any atom is 0.319 e. The molecule has 2 aliphatic rings. The minimum atomic E-state index is -0.772. The van der Waals surface area contributed by atoms with Crippen molar-refractivity contribution in [2.24, 2.45) is 5.92 Å². The van der Waals surface area contributed by atoms with Crippen LogP contribution in [0.25, 0.3) is 0 Å². The fraction of sp³-hybridized carbons (Fsp3) is 0.579. The molecule has 2 amide bonds. The Kier molecular flexibility index (Phi) is 5.58. The fourth-order valence-electron chi connectivity index (χ4n) is 3.45. The van der Waals surface area contributed by atoms with E-state index in [0.717, 1.165) is 37.1 Å². The zero-order chi connectivity index (χ0) is 17.8. The van der Waals surface area contributed by atoms with E-state index in [-0.39, 0.29) is 24.7 Å². The molecule has 2 saturated carbocycles. The molecule has 0 bridgehead atoms. The first-order valence-corrected chi connectivity index (χ1v) is 9.16. The molecule has 0 radical (unpaired) electrons. The van der Waals surface area contributed by atoms with Gasteiger partial charge in [-0.2, -0.15) is 0 Å². The molecule has 6 nitrogen and oxygen atoms in total. The van der Waals surface area contributed by atoms with Gasteiger partial charge in [0.15, 0.2) is 0 Å². The maximum absolute atomic E-state index is 12.2. The van der Waals surface area contributed by atoms with Gasteiger partial charge in [-0.15, -0.1) is 0 Å². The number of nitrogens with zero attached hydrogens (tertiary/aromatic N) is 1. The number of urea groups is 1. The van der Waals surface area contributed by atoms with Crippen LogP contribution in [0.1, 0.15) is 38.2 Å². The second-order valence-electron chi connectivity index (χ2n) is 7.20. The molecule has 0 aromatic heterocycles. The molecule has 0 atom stereocenters. The molecule has 25 heavy (non-hydrogen) atoms. The molecule has 3 rings (SSSR count). The number of carboxylic acids is 1. The smallest absolute Gasteiger partial charge is 0.319 e. The topological polar surface area (TPSA) is 81.7 Å². The van der Waals surface area contributed by atoms with Crippen LogP contribution in [0.5, 0.6) is 0 Å². The second kappa shape index (κ2) is 7.87. The van der Waals surface area contributed by atoms with Crippen molar-refractivity contribution in [3.63, 3.8) is 0 Å². The van der Waals surface area contributed by atoms with Crippen LogP contribution in [0, 0.1) is 5.92 Å². The Morgan fingerprint density at radius 3 is 2.60 bits per heavy atom. The average Bonchev–Trinajstić information content (AvgIpc) is 3.34. The molecule has 0 unspecified atom stereocenters. The molecule has 0 heterocycles. The van der Waals surface area contributed by atoms with Gasteiger partial charge in [0.1, 0.15) is 0 Å². The Morgan fingerprint density at radius 2 is 1.96 bits per heavy atom. The molecule has 6 heteroatoms. The molecule has 0 spiro atoms. The van der Waals surface area contributed by atoms with E-state index in [4.69, 9.17) is 5.11 Å². The van der Waals surface area contributed by atoms with E-state index in [1.807, 2.05) is 24.3 Å². The molecule has 0 aliphatic heterocycles. The lowest BCUT2D eigenvalue weighted by Crippen LogP contribution is -2.55. The zero-order valence-corrected chi connectivity index (χ0v) is 14.7. The molecule has 136 valence electrons. The molecular formula is C19H27N3O3. The lowest BCUT2D eigenvalue weighted by Gasteiger charge is -2.42. The number of aliphatic carboxylic acids is 1. The summed E-state index contributed by atoms with van der Waals surface area (Å²) < 4.78 is 0. The molecule has 2 fully saturated rings. The van der Waals surface area contributed by atoms with Gasteiger partial charge >= 0.3 is 12.0 Å². The summed E-state index contributed by atoms with van der Waals surface area (Å²) in [4.78, 5) is 25.3. The average molecular weight is 345 g/mol. The summed E-state index contributed by atoms with van der Waals surface area (Å²) in [5.74, 6) is -0.105. The van der Waals surface area contributed by atoms with Crippen LogP contribution >= 0.6 is 0 Å². The quantitative estimate of drug-likeness (QED) is 0.677. The number of anilines is 1. The highest BCUT2D eigenvalue weighted by Gasteiger charge is 2.37. The summed E-state index contributed by atoms with van der Waals surface area (Å²) >= 11 is 0. The van der Waals surface area contributed by atoms with Crippen LogP contribution in [0.4, 0.5) is 10.5 Å². The first kappa shape index (κ1) is 17.7. The molecule has 2 aliphatic carbocycles. The first-order valence-electron chi connectivity index (χ1n) is 9.16. The van der Waals surface area contributed by atoms with E-state index in [2.05, 4.69) is 22.5 Å². The number of benzene rings is 1. The van der Waals surface area contributed by atoms with Crippen LogP contribution < -0.4 is 10.6 Å². The van der Waals surface area contributed by atoms with E-state index in [1.165, 1.54) is 12.8 Å². The van der Waals surface area contributed by atoms with Crippen LogP contribution in [-0.2, 0) is 11.2 Å². The van der Waals surface area contributed by atoms with E-state index < -0.39 is 5.97 Å². The van der Waals surface area contributed by atoms with E-state index in [9.17, 15) is 9.59 Å². The van der Waals surface area contributed by atoms with Crippen molar-refractivity contribution in [2.45, 2.75) is 51.1 Å². The first-order chi connectivity index (χ1) is 12.0. The van der Waals surface area contributed by atoms with E-state index in [1.54, 1.807) is 0 Å². The summed E-state index contributed by atoms with van der Waals surface area (Å²) in [6, 6.07) is 8.00. The third-order valence-corrected chi connectivity index (χ3v) is 5.14. The van der Waals surface area contributed by atoms with Crippen LogP contribution in [0.15, 0.2) is 24.3 Å². The highest BCUT2D eigenvalue weighted by molar-refractivity contribution is 5.90. The lowest BCUT2D eigenvalue weighted by atomic mass is 9.85. The zero-order valence-electron chi connectivity index (χ0n) is 14.7. The number of rotatable bonds is 8. The van der Waals surface area contributed by atoms with Gasteiger partial charge in [0.25, 0.3) is 0 Å². The van der Waals surface area contributed by atoms with Gasteiger partial charge in [-0.25, -0.2) is 4.79 Å². The monoisotopic (exact) mass is 345 g/mol. The van der Waals surface area contributed by atoms with Gasteiger partial charge in [-0.3, -0.25) is 9.69 Å². The van der Waals surface area contributed by atoms with Crippen molar-refractivity contribution >= 4 is 17.7 Å². The summed E-state index contributed by atoms with van der Waals surface area (Å²) in [6.07, 6.45) is 4.94. The molecule has 1 aromatic rings. The number of carbonyl (C=O) groups is 2. The summed E-state index contributed by atoms with van der Waals surface area (Å²) in [6.45, 7) is 3.04. The van der Waals surface area contributed by atoms with Crippen molar-refractivity contribution in [1.82, 2.24) is 10.2 Å². The predicted molar refractivity (Wildman–Crippen MR) is 96.7 cm³/mol. The number of carbonyl (C=O) groups excluding carboxylic acids is 1. The van der Waals surface area contributed by atoms with Crippen LogP contribution in [0.3, 0.4) is 0 Å². The van der Waals surface area contributed by atoms with Crippen molar-refractivity contribution in [3.05, 3.63) is 29.8 Å². The Balaban J connectivity index is 1.45. The fourth-order valence-corrected chi connectivity index (χ4v) is 3.45. The number of para-hydroxylation sites is 1. The minimum Gasteiger partial charge on any atom is -0.480 e. The molecular weight excluding hydrogens is 318 g/mol. The highest BCUT2D eigenvalue weighted by Crippen LogP contribution is 2.33. The normalized spacial score (nSPS) is 22.3. The Morgan fingerprint density at radius 1 is 1.24 bits per heavy atom. The summed E-state index contributed by atoms with van der Waals surface area (Å²) in [5, 5.41) is 15.0. The predicted octanol–water partition coefficient (Wildman–Crippen LogP) is 2.70. The molecule has 0 saturated heterocycles. The third-order valence-electron chi connectivity index (χ3n) is 5.14. The van der Waals surface area contributed by atoms with Crippen LogP contribution in [0.2, 0.25) is 0 Å². The van der Waals surface area contributed by atoms with Gasteiger partial charge in [-0.1, -0.05) is 25.1 Å². The highest BCUT2D eigenvalue weighted by atomic mass is 16.4. The standard InChI is InChI=1S/C19H27N3O3/c1-2-14-5-3-4-6-17(14)21-19(25)20-15-9-16(10-15)22(12-18(23)24)11-13-7-8-13/h3-6,13,15-16H,2,7-12H2,1H3,(H,23,24)(H2,20,21,25).